The quantitative estimate of drug-likeness (QED) is 0.819. The van der Waals surface area contributed by atoms with Crippen molar-refractivity contribution in [1.82, 2.24) is 5.32 Å². The Morgan fingerprint density at radius 1 is 1.16 bits per heavy atom. The van der Waals surface area contributed by atoms with E-state index in [2.05, 4.69) is 60.9 Å². The lowest BCUT2D eigenvalue weighted by molar-refractivity contribution is 0.432. The second-order valence-corrected chi connectivity index (χ2v) is 6.55. The van der Waals surface area contributed by atoms with Crippen molar-refractivity contribution < 1.29 is 0 Å². The van der Waals surface area contributed by atoms with Gasteiger partial charge in [-0.1, -0.05) is 30.3 Å². The molecule has 3 rings (SSSR count). The first-order valence-corrected chi connectivity index (χ1v) is 7.98. The van der Waals surface area contributed by atoms with Gasteiger partial charge in [-0.25, -0.2) is 0 Å². The van der Waals surface area contributed by atoms with Crippen molar-refractivity contribution >= 4 is 11.3 Å². The van der Waals surface area contributed by atoms with Crippen molar-refractivity contribution in [2.45, 2.75) is 38.8 Å². The minimum atomic E-state index is 0.411. The Morgan fingerprint density at radius 3 is 2.58 bits per heavy atom. The van der Waals surface area contributed by atoms with Crippen LogP contribution in [0.3, 0.4) is 0 Å². The molecule has 100 valence electrons. The fourth-order valence-electron chi connectivity index (χ4n) is 2.78. The predicted molar refractivity (Wildman–Crippen MR) is 82.5 cm³/mol. The molecule has 0 aliphatic heterocycles. The molecule has 2 atom stereocenters. The van der Waals surface area contributed by atoms with E-state index in [0.717, 1.165) is 5.92 Å². The van der Waals surface area contributed by atoms with Crippen molar-refractivity contribution in [3.05, 3.63) is 57.8 Å². The SMILES string of the molecule is Cc1ccccc1C(C)NC(c1cccs1)C1CC1. The number of hydrogen-bond acceptors (Lipinski definition) is 2. The molecule has 2 unspecified atom stereocenters. The molecule has 0 amide bonds. The first-order chi connectivity index (χ1) is 9.25. The number of hydrogen-bond donors (Lipinski definition) is 1. The summed E-state index contributed by atoms with van der Waals surface area (Å²) in [6, 6.07) is 14.1. The molecule has 19 heavy (non-hydrogen) atoms. The highest BCUT2D eigenvalue weighted by atomic mass is 32.1. The Kier molecular flexibility index (Phi) is 3.72. The zero-order valence-corrected chi connectivity index (χ0v) is 12.4. The average Bonchev–Trinajstić information content (AvgIpc) is 3.11. The summed E-state index contributed by atoms with van der Waals surface area (Å²) >= 11 is 1.88. The fraction of sp³-hybridized carbons (Fsp3) is 0.412. The van der Waals surface area contributed by atoms with Crippen LogP contribution < -0.4 is 5.32 Å². The van der Waals surface area contributed by atoms with E-state index in [1.54, 1.807) is 0 Å². The van der Waals surface area contributed by atoms with E-state index >= 15 is 0 Å². The number of benzene rings is 1. The summed E-state index contributed by atoms with van der Waals surface area (Å²) in [7, 11) is 0. The van der Waals surface area contributed by atoms with E-state index < -0.39 is 0 Å². The van der Waals surface area contributed by atoms with E-state index in [1.807, 2.05) is 11.3 Å². The van der Waals surface area contributed by atoms with Crippen molar-refractivity contribution in [2.75, 3.05) is 0 Å². The standard InChI is InChI=1S/C17H21NS/c1-12-6-3-4-7-15(12)13(2)18-17(14-9-10-14)16-8-5-11-19-16/h3-8,11,13-14,17-18H,9-10H2,1-2H3. The van der Waals surface area contributed by atoms with E-state index in [1.165, 1.54) is 28.8 Å². The Hall–Kier alpha value is -1.12. The van der Waals surface area contributed by atoms with Gasteiger partial charge in [-0.3, -0.25) is 0 Å². The first kappa shape index (κ1) is 12.9. The highest BCUT2D eigenvalue weighted by Gasteiger charge is 2.33. The van der Waals surface area contributed by atoms with Crippen LogP contribution in [-0.2, 0) is 0 Å². The van der Waals surface area contributed by atoms with E-state index in [-0.39, 0.29) is 0 Å². The Labute approximate surface area is 119 Å². The number of nitrogens with one attached hydrogen (secondary N) is 1. The number of thiophene rings is 1. The largest absolute Gasteiger partial charge is 0.302 e. The van der Waals surface area contributed by atoms with Gasteiger partial charge in [-0.15, -0.1) is 11.3 Å². The zero-order valence-electron chi connectivity index (χ0n) is 11.6. The monoisotopic (exact) mass is 271 g/mol. The highest BCUT2D eigenvalue weighted by molar-refractivity contribution is 7.10. The maximum atomic E-state index is 3.85. The molecule has 1 aliphatic carbocycles. The Bertz CT molecular complexity index is 528. The normalized spacial score (nSPS) is 18.2. The van der Waals surface area contributed by atoms with Crippen LogP contribution in [0, 0.1) is 12.8 Å². The lowest BCUT2D eigenvalue weighted by Gasteiger charge is -2.24. The van der Waals surface area contributed by atoms with Crippen LogP contribution in [0.1, 0.15) is 47.9 Å². The van der Waals surface area contributed by atoms with Gasteiger partial charge in [-0.05, 0) is 55.2 Å². The Morgan fingerprint density at radius 2 is 1.95 bits per heavy atom. The Balaban J connectivity index is 1.77. The first-order valence-electron chi connectivity index (χ1n) is 7.10. The van der Waals surface area contributed by atoms with Crippen LogP contribution in [0.25, 0.3) is 0 Å². The third-order valence-corrected chi connectivity index (χ3v) is 4.98. The summed E-state index contributed by atoms with van der Waals surface area (Å²) in [5.74, 6) is 0.838. The molecular formula is C17H21NS. The van der Waals surface area contributed by atoms with Crippen LogP contribution >= 0.6 is 11.3 Å². The predicted octanol–water partition coefficient (Wildman–Crippen LogP) is 4.86. The van der Waals surface area contributed by atoms with Gasteiger partial charge >= 0.3 is 0 Å². The maximum absolute atomic E-state index is 3.85. The molecule has 1 aromatic heterocycles. The van der Waals surface area contributed by atoms with Crippen LogP contribution in [0.2, 0.25) is 0 Å². The smallest absolute Gasteiger partial charge is 0.0448 e. The molecule has 0 bridgehead atoms. The second kappa shape index (κ2) is 5.48. The molecular weight excluding hydrogens is 250 g/mol. The topological polar surface area (TPSA) is 12.0 Å². The summed E-state index contributed by atoms with van der Waals surface area (Å²) < 4.78 is 0. The van der Waals surface area contributed by atoms with Gasteiger partial charge in [0.15, 0.2) is 0 Å². The molecule has 1 aliphatic rings. The molecule has 0 radical (unpaired) electrons. The second-order valence-electron chi connectivity index (χ2n) is 5.58. The van der Waals surface area contributed by atoms with Gasteiger partial charge in [0.2, 0.25) is 0 Å². The fourth-order valence-corrected chi connectivity index (χ4v) is 3.66. The minimum absolute atomic E-state index is 0.411. The third kappa shape index (κ3) is 2.90. The summed E-state index contributed by atoms with van der Waals surface area (Å²) in [4.78, 5) is 1.49. The zero-order chi connectivity index (χ0) is 13.2. The molecule has 1 N–H and O–H groups in total. The van der Waals surface area contributed by atoms with Gasteiger partial charge < -0.3 is 5.32 Å². The van der Waals surface area contributed by atoms with Gasteiger partial charge in [-0.2, -0.15) is 0 Å². The van der Waals surface area contributed by atoms with Gasteiger partial charge in [0.05, 0.1) is 0 Å². The molecule has 1 nitrogen and oxygen atoms in total. The van der Waals surface area contributed by atoms with E-state index in [9.17, 15) is 0 Å². The summed E-state index contributed by atoms with van der Waals surface area (Å²) in [6.07, 6.45) is 2.74. The maximum Gasteiger partial charge on any atom is 0.0448 e. The number of rotatable bonds is 5. The highest BCUT2D eigenvalue weighted by Crippen LogP contribution is 2.43. The number of aryl methyl sites for hydroxylation is 1. The molecule has 0 spiro atoms. The molecule has 0 saturated heterocycles. The van der Waals surface area contributed by atoms with Crippen molar-refractivity contribution in [2.24, 2.45) is 5.92 Å². The summed E-state index contributed by atoms with van der Waals surface area (Å²) in [6.45, 7) is 4.48. The molecule has 1 heterocycles. The minimum Gasteiger partial charge on any atom is -0.302 e. The van der Waals surface area contributed by atoms with Gasteiger partial charge in [0, 0.05) is 17.0 Å². The lowest BCUT2D eigenvalue weighted by atomic mass is 10.0. The molecule has 1 aromatic carbocycles. The van der Waals surface area contributed by atoms with Crippen molar-refractivity contribution in [3.63, 3.8) is 0 Å². The van der Waals surface area contributed by atoms with Gasteiger partial charge in [0.1, 0.15) is 0 Å². The van der Waals surface area contributed by atoms with E-state index in [4.69, 9.17) is 0 Å². The van der Waals surface area contributed by atoms with Crippen LogP contribution in [-0.4, -0.2) is 0 Å². The van der Waals surface area contributed by atoms with Crippen LogP contribution in [0.4, 0.5) is 0 Å². The summed E-state index contributed by atoms with van der Waals surface area (Å²) in [5, 5.41) is 6.03. The van der Waals surface area contributed by atoms with Crippen molar-refractivity contribution in [3.8, 4) is 0 Å². The van der Waals surface area contributed by atoms with E-state index in [0.29, 0.717) is 12.1 Å². The third-order valence-electron chi connectivity index (χ3n) is 4.03. The van der Waals surface area contributed by atoms with Crippen LogP contribution in [0.15, 0.2) is 41.8 Å². The molecule has 2 heteroatoms. The lowest BCUT2D eigenvalue weighted by Crippen LogP contribution is -2.26. The van der Waals surface area contributed by atoms with Crippen molar-refractivity contribution in [1.29, 1.82) is 0 Å². The average molecular weight is 271 g/mol. The molecule has 1 saturated carbocycles. The summed E-state index contributed by atoms with van der Waals surface area (Å²) in [5.41, 5.74) is 2.80. The molecule has 2 aromatic rings. The van der Waals surface area contributed by atoms with Gasteiger partial charge in [0.25, 0.3) is 0 Å². The van der Waals surface area contributed by atoms with Crippen LogP contribution in [0.5, 0.6) is 0 Å². The molecule has 1 fully saturated rings.